The van der Waals surface area contributed by atoms with Crippen LogP contribution in [0.15, 0.2) is 41.6 Å². The van der Waals surface area contributed by atoms with E-state index in [1.165, 1.54) is 6.07 Å². The Morgan fingerprint density at radius 1 is 1.10 bits per heavy atom. The highest BCUT2D eigenvalue weighted by molar-refractivity contribution is 6.00. The normalized spacial score (nSPS) is 21.1. The maximum Gasteiger partial charge on any atom is 0.342 e. The van der Waals surface area contributed by atoms with E-state index in [1.54, 1.807) is 17.1 Å². The Hall–Kier alpha value is -3.29. The number of rotatable bonds is 3. The molecule has 1 aromatic carbocycles. The second-order valence-electron chi connectivity index (χ2n) is 7.52. The van der Waals surface area contributed by atoms with Gasteiger partial charge in [0, 0.05) is 25.6 Å². The monoisotopic (exact) mass is 428 g/mol. The van der Waals surface area contributed by atoms with Gasteiger partial charge in [-0.05, 0) is 49.8 Å². The van der Waals surface area contributed by atoms with Crippen LogP contribution < -0.4 is 0 Å². The van der Waals surface area contributed by atoms with Crippen LogP contribution in [0.25, 0.3) is 0 Å². The van der Waals surface area contributed by atoms with Gasteiger partial charge in [0.2, 0.25) is 0 Å². The highest BCUT2D eigenvalue weighted by atomic mass is 16.6. The molecule has 2 aliphatic heterocycles. The number of fused-ring (bicyclic) bond motifs is 1. The quantitative estimate of drug-likeness (QED) is 0.435. The van der Waals surface area contributed by atoms with Crippen LogP contribution in [0, 0.1) is 0 Å². The second kappa shape index (κ2) is 11.2. The summed E-state index contributed by atoms with van der Waals surface area (Å²) in [5, 5.41) is 24.2. The fourth-order valence-corrected chi connectivity index (χ4v) is 3.56. The zero-order valence-electron chi connectivity index (χ0n) is 17.5. The summed E-state index contributed by atoms with van der Waals surface area (Å²) in [5.74, 6) is -1.36. The summed E-state index contributed by atoms with van der Waals surface area (Å²) in [6, 6.07) is 2.47. The molecule has 31 heavy (non-hydrogen) atoms. The van der Waals surface area contributed by atoms with Gasteiger partial charge in [-0.2, -0.15) is 0 Å². The van der Waals surface area contributed by atoms with E-state index < -0.39 is 5.97 Å². The maximum atomic E-state index is 12.5. The number of cyclic esters (lactones) is 1. The van der Waals surface area contributed by atoms with Crippen molar-refractivity contribution < 1.29 is 29.4 Å². The number of benzene rings is 1. The minimum atomic E-state index is -0.694. The lowest BCUT2D eigenvalue weighted by molar-refractivity contribution is -0.137. The number of carbonyl (C=O) groups is 2. The van der Waals surface area contributed by atoms with Crippen molar-refractivity contribution in [1.29, 1.82) is 0 Å². The molecule has 0 spiro atoms. The third-order valence-electron chi connectivity index (χ3n) is 5.13. The molecule has 0 unspecified atom stereocenters. The van der Waals surface area contributed by atoms with Crippen molar-refractivity contribution in [2.45, 2.75) is 38.5 Å². The smallest absolute Gasteiger partial charge is 0.342 e. The van der Waals surface area contributed by atoms with Crippen LogP contribution in [0.4, 0.5) is 0 Å². The van der Waals surface area contributed by atoms with Crippen molar-refractivity contribution in [1.82, 2.24) is 4.90 Å². The van der Waals surface area contributed by atoms with Gasteiger partial charge in [-0.1, -0.05) is 23.4 Å². The number of carbonyl (C=O) groups excluding carboxylic acids is 2. The van der Waals surface area contributed by atoms with Crippen molar-refractivity contribution in [2.75, 3.05) is 26.3 Å². The van der Waals surface area contributed by atoms with Crippen LogP contribution >= 0.6 is 0 Å². The number of hydrogen-bond acceptors (Lipinski definition) is 7. The predicted octanol–water partition coefficient (Wildman–Crippen LogP) is 3.09. The Morgan fingerprint density at radius 2 is 1.87 bits per heavy atom. The summed E-state index contributed by atoms with van der Waals surface area (Å²) in [6.45, 7) is 1.39. The molecule has 2 heterocycles. The molecule has 0 radical (unpaired) electrons. The number of esters is 1. The van der Waals surface area contributed by atoms with Gasteiger partial charge in [-0.25, -0.2) is 4.79 Å². The molecule has 0 bridgehead atoms. The number of hydrogen-bond donors (Lipinski definition) is 2. The van der Waals surface area contributed by atoms with Crippen LogP contribution in [0.3, 0.4) is 0 Å². The molecule has 1 saturated heterocycles. The summed E-state index contributed by atoms with van der Waals surface area (Å²) in [6.07, 6.45) is 12.1. The molecule has 1 fully saturated rings. The molecule has 8 nitrogen and oxygen atoms in total. The molecule has 8 heteroatoms. The molecule has 1 amide bonds. The van der Waals surface area contributed by atoms with Gasteiger partial charge >= 0.3 is 5.97 Å². The SMILES string of the molecule is O=C1OC/C=C/CC/C=C/C(=N/OCC(=O)N2CCCCC2)Cc2cc(O)cc(O)c21. The number of allylic oxidation sites excluding steroid dienone is 3. The average molecular weight is 428 g/mol. The zero-order chi connectivity index (χ0) is 22.1. The Bertz CT molecular complexity index is 884. The zero-order valence-corrected chi connectivity index (χ0v) is 17.5. The average Bonchev–Trinajstić information content (AvgIpc) is 2.76. The highest BCUT2D eigenvalue weighted by Gasteiger charge is 2.21. The molecule has 166 valence electrons. The van der Waals surface area contributed by atoms with Crippen LogP contribution in [0.1, 0.15) is 48.0 Å². The topological polar surface area (TPSA) is 109 Å². The van der Waals surface area contributed by atoms with Crippen molar-refractivity contribution in [3.05, 3.63) is 47.6 Å². The van der Waals surface area contributed by atoms with Crippen LogP contribution in [0.2, 0.25) is 0 Å². The van der Waals surface area contributed by atoms with Gasteiger partial charge in [0.1, 0.15) is 23.7 Å². The van der Waals surface area contributed by atoms with Crippen LogP contribution in [-0.2, 0) is 20.8 Å². The number of nitrogens with zero attached hydrogens (tertiary/aromatic N) is 2. The number of phenols is 2. The van der Waals surface area contributed by atoms with Crippen LogP contribution in [0.5, 0.6) is 11.5 Å². The Balaban J connectivity index is 1.80. The minimum absolute atomic E-state index is 0.0315. The third kappa shape index (κ3) is 6.60. The van der Waals surface area contributed by atoms with E-state index in [4.69, 9.17) is 9.57 Å². The third-order valence-corrected chi connectivity index (χ3v) is 5.13. The van der Waals surface area contributed by atoms with E-state index in [9.17, 15) is 19.8 Å². The standard InChI is InChI=1S/C23H28N2O6/c26-19-14-17-13-18(24-31-16-21(28)25-10-6-4-7-11-25)9-5-2-1-3-8-12-30-23(29)22(17)20(27)15-19/h3,5,8-9,14-15,26-27H,1-2,4,6-7,10-13,16H2/b8-3+,9-5+,24-18-. The summed E-state index contributed by atoms with van der Waals surface area (Å²) < 4.78 is 5.21. The number of amides is 1. The predicted molar refractivity (Wildman–Crippen MR) is 115 cm³/mol. The van der Waals surface area contributed by atoms with Gasteiger partial charge in [0.05, 0.1) is 5.71 Å². The molecule has 1 aromatic rings. The van der Waals surface area contributed by atoms with E-state index in [-0.39, 0.29) is 42.6 Å². The molecule has 3 rings (SSSR count). The lowest BCUT2D eigenvalue weighted by Gasteiger charge is -2.26. The minimum Gasteiger partial charge on any atom is -0.508 e. The van der Waals surface area contributed by atoms with E-state index in [0.717, 1.165) is 51.3 Å². The first-order chi connectivity index (χ1) is 15.0. The van der Waals surface area contributed by atoms with E-state index in [0.29, 0.717) is 11.3 Å². The largest absolute Gasteiger partial charge is 0.508 e. The molecule has 0 aromatic heterocycles. The number of phenolic OH excluding ortho intramolecular Hbond substituents is 2. The molecule has 0 atom stereocenters. The number of oxime groups is 1. The van der Waals surface area contributed by atoms with Gasteiger partial charge < -0.3 is 24.7 Å². The lowest BCUT2D eigenvalue weighted by Crippen LogP contribution is -2.37. The van der Waals surface area contributed by atoms with Gasteiger partial charge in [0.25, 0.3) is 5.91 Å². The van der Waals surface area contributed by atoms with E-state index in [1.807, 2.05) is 12.2 Å². The first-order valence-electron chi connectivity index (χ1n) is 10.5. The first kappa shape index (κ1) is 22.4. The molecule has 0 saturated carbocycles. The summed E-state index contributed by atoms with van der Waals surface area (Å²) in [7, 11) is 0. The second-order valence-corrected chi connectivity index (χ2v) is 7.52. The van der Waals surface area contributed by atoms with E-state index >= 15 is 0 Å². The van der Waals surface area contributed by atoms with Gasteiger partial charge in [-0.15, -0.1) is 0 Å². The molecular formula is C23H28N2O6. The summed E-state index contributed by atoms with van der Waals surface area (Å²) in [4.78, 5) is 31.9. The highest BCUT2D eigenvalue weighted by Crippen LogP contribution is 2.29. The van der Waals surface area contributed by atoms with Gasteiger partial charge in [0.15, 0.2) is 6.61 Å². The Kier molecular flexibility index (Phi) is 8.09. The molecule has 2 aliphatic rings. The van der Waals surface area contributed by atoms with Crippen LogP contribution in [-0.4, -0.2) is 59.0 Å². The maximum absolute atomic E-state index is 12.5. The van der Waals surface area contributed by atoms with Crippen molar-refractivity contribution in [3.8, 4) is 11.5 Å². The van der Waals surface area contributed by atoms with Crippen molar-refractivity contribution in [2.24, 2.45) is 5.16 Å². The first-order valence-corrected chi connectivity index (χ1v) is 10.5. The number of likely N-dealkylation sites (tertiary alicyclic amines) is 1. The fourth-order valence-electron chi connectivity index (χ4n) is 3.56. The molecular weight excluding hydrogens is 400 g/mol. The Labute approximate surface area is 181 Å². The summed E-state index contributed by atoms with van der Waals surface area (Å²) >= 11 is 0. The lowest BCUT2D eigenvalue weighted by atomic mass is 10.00. The number of ether oxygens (including phenoxy) is 1. The van der Waals surface area contributed by atoms with Crippen molar-refractivity contribution >= 4 is 17.6 Å². The fraction of sp³-hybridized carbons (Fsp3) is 0.435. The molecule has 0 aliphatic carbocycles. The summed E-state index contributed by atoms with van der Waals surface area (Å²) in [5.41, 5.74) is 0.768. The number of piperidine rings is 1. The molecule has 2 N–H and O–H groups in total. The number of aromatic hydroxyl groups is 2. The Morgan fingerprint density at radius 3 is 2.68 bits per heavy atom. The van der Waals surface area contributed by atoms with E-state index in [2.05, 4.69) is 5.16 Å². The van der Waals surface area contributed by atoms with Crippen molar-refractivity contribution in [3.63, 3.8) is 0 Å². The van der Waals surface area contributed by atoms with Gasteiger partial charge in [-0.3, -0.25) is 4.79 Å².